The van der Waals surface area contributed by atoms with E-state index in [4.69, 9.17) is 0 Å². The zero-order chi connectivity index (χ0) is 11.4. The molecule has 0 aromatic carbocycles. The predicted octanol–water partition coefficient (Wildman–Crippen LogP) is 2.96. The Balaban J connectivity index is 2.49. The van der Waals surface area contributed by atoms with E-state index >= 15 is 0 Å². The van der Waals surface area contributed by atoms with Gasteiger partial charge in [0.25, 0.3) is 0 Å². The van der Waals surface area contributed by atoms with Crippen molar-refractivity contribution in [2.45, 2.75) is 20.3 Å². The van der Waals surface area contributed by atoms with Crippen LogP contribution in [-0.2, 0) is 4.79 Å². The predicted molar refractivity (Wildman–Crippen MR) is 59.8 cm³/mol. The quantitative estimate of drug-likeness (QED) is 0.665. The summed E-state index contributed by atoms with van der Waals surface area (Å²) in [4.78, 5) is 13.6. The Bertz CT molecular complexity index is 397. The SMILES string of the molecule is CN1C(=O)C(C)(C)C2CC(F)=C(Br)C=C21. The van der Waals surface area contributed by atoms with Gasteiger partial charge in [-0.1, -0.05) is 13.8 Å². The van der Waals surface area contributed by atoms with Crippen LogP contribution in [0.25, 0.3) is 0 Å². The van der Waals surface area contributed by atoms with Crippen LogP contribution in [0, 0.1) is 11.3 Å². The van der Waals surface area contributed by atoms with Crippen LogP contribution in [0.15, 0.2) is 22.1 Å². The molecule has 0 bridgehead atoms. The maximum atomic E-state index is 13.5. The molecule has 4 heteroatoms. The van der Waals surface area contributed by atoms with Gasteiger partial charge in [0, 0.05) is 25.1 Å². The molecule has 1 heterocycles. The minimum Gasteiger partial charge on any atom is -0.318 e. The number of rotatable bonds is 0. The van der Waals surface area contributed by atoms with E-state index in [1.54, 1.807) is 18.0 Å². The monoisotopic (exact) mass is 273 g/mol. The molecular weight excluding hydrogens is 261 g/mol. The van der Waals surface area contributed by atoms with Gasteiger partial charge < -0.3 is 4.90 Å². The first-order chi connectivity index (χ1) is 6.85. The third kappa shape index (κ3) is 1.38. The van der Waals surface area contributed by atoms with Crippen LogP contribution in [0.2, 0.25) is 0 Å². The topological polar surface area (TPSA) is 20.3 Å². The highest BCUT2D eigenvalue weighted by atomic mass is 79.9. The standard InChI is InChI=1S/C11H13BrFNO/c1-11(2)6-4-8(13)7(12)5-9(6)14(3)10(11)15/h5-6H,4H2,1-3H3. The van der Waals surface area contributed by atoms with E-state index in [1.165, 1.54) is 0 Å². The lowest BCUT2D eigenvalue weighted by atomic mass is 9.76. The van der Waals surface area contributed by atoms with E-state index in [0.717, 1.165) is 5.70 Å². The minimum atomic E-state index is -0.494. The number of carbonyl (C=O) groups is 1. The first-order valence-electron chi connectivity index (χ1n) is 4.89. The van der Waals surface area contributed by atoms with Gasteiger partial charge in [0.1, 0.15) is 5.83 Å². The average Bonchev–Trinajstić information content (AvgIpc) is 2.32. The Morgan fingerprint density at radius 3 is 2.80 bits per heavy atom. The lowest BCUT2D eigenvalue weighted by Crippen LogP contribution is -2.29. The number of allylic oxidation sites excluding steroid dienone is 4. The van der Waals surface area contributed by atoms with Gasteiger partial charge in [0.05, 0.1) is 9.90 Å². The molecule has 1 fully saturated rings. The summed E-state index contributed by atoms with van der Waals surface area (Å²) in [5, 5.41) is 0. The van der Waals surface area contributed by atoms with Crippen molar-refractivity contribution in [3.63, 3.8) is 0 Å². The van der Waals surface area contributed by atoms with Gasteiger partial charge in [-0.15, -0.1) is 0 Å². The normalized spacial score (nSPS) is 29.4. The Kier molecular flexibility index (Phi) is 2.30. The van der Waals surface area contributed by atoms with E-state index in [-0.39, 0.29) is 17.7 Å². The molecule has 2 nitrogen and oxygen atoms in total. The fourth-order valence-electron chi connectivity index (χ4n) is 2.34. The summed E-state index contributed by atoms with van der Waals surface area (Å²) in [5.41, 5.74) is 0.421. The highest BCUT2D eigenvalue weighted by molar-refractivity contribution is 9.11. The molecule has 1 saturated heterocycles. The lowest BCUT2D eigenvalue weighted by Gasteiger charge is -2.25. The summed E-state index contributed by atoms with van der Waals surface area (Å²) in [6.07, 6.45) is 2.03. The van der Waals surface area contributed by atoms with Gasteiger partial charge in [-0.05, 0) is 22.0 Å². The third-order valence-electron chi connectivity index (χ3n) is 3.39. The number of fused-ring (bicyclic) bond motifs is 1. The van der Waals surface area contributed by atoms with E-state index in [0.29, 0.717) is 10.9 Å². The lowest BCUT2D eigenvalue weighted by molar-refractivity contribution is -0.133. The molecule has 1 aliphatic carbocycles. The fourth-order valence-corrected chi connectivity index (χ4v) is 2.74. The van der Waals surface area contributed by atoms with Crippen molar-refractivity contribution in [2.24, 2.45) is 11.3 Å². The fraction of sp³-hybridized carbons (Fsp3) is 0.545. The first-order valence-corrected chi connectivity index (χ1v) is 5.69. The van der Waals surface area contributed by atoms with Crippen molar-refractivity contribution in [1.82, 2.24) is 4.90 Å². The molecule has 2 aliphatic rings. The molecule has 2 rings (SSSR count). The largest absolute Gasteiger partial charge is 0.318 e. The molecule has 15 heavy (non-hydrogen) atoms. The minimum absolute atomic E-state index is 0.0312. The molecule has 1 unspecified atom stereocenters. The smallest absolute Gasteiger partial charge is 0.232 e. The summed E-state index contributed by atoms with van der Waals surface area (Å²) >= 11 is 3.17. The number of carbonyl (C=O) groups excluding carboxylic acids is 1. The molecule has 82 valence electrons. The maximum absolute atomic E-state index is 13.5. The van der Waals surface area contributed by atoms with Gasteiger partial charge in [-0.2, -0.15) is 0 Å². The molecule has 1 aliphatic heterocycles. The summed E-state index contributed by atoms with van der Waals surface area (Å²) in [6, 6.07) is 0. The highest BCUT2D eigenvalue weighted by Crippen LogP contribution is 2.49. The van der Waals surface area contributed by atoms with Crippen LogP contribution in [0.3, 0.4) is 0 Å². The van der Waals surface area contributed by atoms with E-state index in [1.807, 2.05) is 13.8 Å². The summed E-state index contributed by atoms with van der Waals surface area (Å²) < 4.78 is 13.9. The molecule has 0 N–H and O–H groups in total. The average molecular weight is 274 g/mol. The Morgan fingerprint density at radius 1 is 1.60 bits per heavy atom. The maximum Gasteiger partial charge on any atom is 0.232 e. The zero-order valence-corrected chi connectivity index (χ0v) is 10.6. The molecule has 1 atom stereocenters. The van der Waals surface area contributed by atoms with Gasteiger partial charge >= 0.3 is 0 Å². The third-order valence-corrected chi connectivity index (χ3v) is 4.05. The van der Waals surface area contributed by atoms with Crippen LogP contribution < -0.4 is 0 Å². The first kappa shape index (κ1) is 10.9. The number of nitrogens with zero attached hydrogens (tertiary/aromatic N) is 1. The number of hydrogen-bond donors (Lipinski definition) is 0. The van der Waals surface area contributed by atoms with Gasteiger partial charge in [-0.25, -0.2) is 4.39 Å². The van der Waals surface area contributed by atoms with E-state index < -0.39 is 5.41 Å². The molecule has 0 aromatic rings. The second-order valence-corrected chi connectivity index (χ2v) is 5.52. The second-order valence-electron chi connectivity index (χ2n) is 4.66. The highest BCUT2D eigenvalue weighted by Gasteiger charge is 2.50. The Morgan fingerprint density at radius 2 is 2.20 bits per heavy atom. The summed E-state index contributed by atoms with van der Waals surface area (Å²) in [6.45, 7) is 3.76. The molecule has 1 amide bonds. The summed E-state index contributed by atoms with van der Waals surface area (Å²) in [7, 11) is 1.75. The Labute approximate surface area is 97.0 Å². The van der Waals surface area contributed by atoms with Crippen LogP contribution in [0.1, 0.15) is 20.3 Å². The van der Waals surface area contributed by atoms with Crippen LogP contribution in [-0.4, -0.2) is 17.9 Å². The van der Waals surface area contributed by atoms with Crippen molar-refractivity contribution in [1.29, 1.82) is 0 Å². The van der Waals surface area contributed by atoms with Crippen LogP contribution in [0.5, 0.6) is 0 Å². The van der Waals surface area contributed by atoms with Gasteiger partial charge in [0.15, 0.2) is 0 Å². The number of hydrogen-bond acceptors (Lipinski definition) is 1. The second kappa shape index (κ2) is 3.17. The summed E-state index contributed by atoms with van der Waals surface area (Å²) in [5.74, 6) is -0.134. The molecule has 0 radical (unpaired) electrons. The van der Waals surface area contributed by atoms with Crippen molar-refractivity contribution >= 4 is 21.8 Å². The zero-order valence-electron chi connectivity index (χ0n) is 8.97. The van der Waals surface area contributed by atoms with Crippen LogP contribution in [0.4, 0.5) is 4.39 Å². The van der Waals surface area contributed by atoms with Crippen LogP contribution >= 0.6 is 15.9 Å². The van der Waals surface area contributed by atoms with Crippen molar-refractivity contribution in [3.05, 3.63) is 22.1 Å². The molecule has 0 saturated carbocycles. The van der Waals surface area contributed by atoms with E-state index in [2.05, 4.69) is 15.9 Å². The van der Waals surface area contributed by atoms with Gasteiger partial charge in [-0.3, -0.25) is 4.79 Å². The van der Waals surface area contributed by atoms with E-state index in [9.17, 15) is 9.18 Å². The van der Waals surface area contributed by atoms with Crippen molar-refractivity contribution in [3.8, 4) is 0 Å². The van der Waals surface area contributed by atoms with Crippen molar-refractivity contribution < 1.29 is 9.18 Å². The molecular formula is C11H13BrFNO. The Hall–Kier alpha value is -0.640. The number of halogens is 2. The number of amides is 1. The molecule has 0 aromatic heterocycles. The van der Waals surface area contributed by atoms with Crippen molar-refractivity contribution in [2.75, 3.05) is 7.05 Å². The van der Waals surface area contributed by atoms with Gasteiger partial charge in [0.2, 0.25) is 5.91 Å². The number of likely N-dealkylation sites (tertiary alicyclic amines) is 1. The molecule has 0 spiro atoms.